The maximum absolute atomic E-state index is 12.4. The minimum atomic E-state index is -0.679. The highest BCUT2D eigenvalue weighted by Crippen LogP contribution is 2.39. The Balaban J connectivity index is 1.34. The molecule has 3 atom stereocenters. The van der Waals surface area contributed by atoms with Gasteiger partial charge in [0.25, 0.3) is 0 Å². The highest BCUT2D eigenvalue weighted by atomic mass is 16.7. The highest BCUT2D eigenvalue weighted by Gasteiger charge is 2.32. The van der Waals surface area contributed by atoms with Crippen molar-refractivity contribution < 1.29 is 29.4 Å². The van der Waals surface area contributed by atoms with Crippen LogP contribution in [-0.2, 0) is 32.2 Å². The molecule has 4 aromatic rings. The zero-order valence-corrected chi connectivity index (χ0v) is 21.9. The summed E-state index contributed by atoms with van der Waals surface area (Å²) in [6, 6.07) is 23.0. The molecule has 0 radical (unpaired) electrons. The summed E-state index contributed by atoms with van der Waals surface area (Å²) in [5.41, 5.74) is 6.68. The number of hydrogen-bond donors (Lipinski definition) is 4. The monoisotopic (exact) mass is 544 g/mol. The van der Waals surface area contributed by atoms with Crippen LogP contribution in [0.2, 0.25) is 0 Å². The van der Waals surface area contributed by atoms with E-state index < -0.39 is 12.2 Å². The highest BCUT2D eigenvalue weighted by molar-refractivity contribution is 5.91. The molecule has 1 saturated heterocycles. The largest absolute Gasteiger partial charge is 0.392 e. The number of imidazole rings is 1. The third-order valence-electron chi connectivity index (χ3n) is 6.92. The lowest BCUT2D eigenvalue weighted by atomic mass is 10.00. The summed E-state index contributed by atoms with van der Waals surface area (Å²) in [7, 11) is 0. The van der Waals surface area contributed by atoms with Gasteiger partial charge in [-0.25, -0.2) is 10.5 Å². The van der Waals surface area contributed by atoms with E-state index in [4.69, 9.17) is 14.7 Å². The molecule has 0 unspecified atom stereocenters. The number of para-hydroxylation sites is 2. The Morgan fingerprint density at radius 3 is 2.55 bits per heavy atom. The molecular weight excluding hydrogens is 512 g/mol. The SMILES string of the molecule is O=C(CCCC(=O)Nc1cccc([C@@H]2O[C@H](Cn3cnc4ccccc43)C[C@H](c3ccc(CO)cc3)O2)c1)NO. The number of hydroxylamine groups is 1. The van der Waals surface area contributed by atoms with Crippen LogP contribution < -0.4 is 10.8 Å². The molecular formula is C30H32N4O6. The Morgan fingerprint density at radius 1 is 0.950 bits per heavy atom. The van der Waals surface area contributed by atoms with E-state index in [9.17, 15) is 14.7 Å². The third-order valence-corrected chi connectivity index (χ3v) is 6.92. The number of aromatic nitrogens is 2. The molecule has 1 fully saturated rings. The second kappa shape index (κ2) is 12.8. The Labute approximate surface area is 231 Å². The van der Waals surface area contributed by atoms with E-state index in [2.05, 4.69) is 14.9 Å². The van der Waals surface area contributed by atoms with Crippen molar-refractivity contribution in [2.24, 2.45) is 0 Å². The molecule has 208 valence electrons. The van der Waals surface area contributed by atoms with Gasteiger partial charge in [0, 0.05) is 30.5 Å². The van der Waals surface area contributed by atoms with Crippen molar-refractivity contribution in [3.05, 3.63) is 95.8 Å². The van der Waals surface area contributed by atoms with Crippen LogP contribution in [0.15, 0.2) is 79.1 Å². The number of ether oxygens (including phenoxy) is 2. The molecule has 0 bridgehead atoms. The summed E-state index contributed by atoms with van der Waals surface area (Å²) in [4.78, 5) is 28.1. The fraction of sp³-hybridized carbons (Fsp3) is 0.300. The van der Waals surface area contributed by atoms with Crippen LogP contribution >= 0.6 is 0 Å². The molecule has 3 aromatic carbocycles. The minimum absolute atomic E-state index is 0.0268. The molecule has 10 nitrogen and oxygen atoms in total. The predicted octanol–water partition coefficient (Wildman–Crippen LogP) is 4.39. The zero-order chi connectivity index (χ0) is 27.9. The first kappa shape index (κ1) is 27.5. The van der Waals surface area contributed by atoms with E-state index in [1.807, 2.05) is 73.1 Å². The Hall–Kier alpha value is -4.09. The van der Waals surface area contributed by atoms with Gasteiger partial charge >= 0.3 is 0 Å². The molecule has 4 N–H and O–H groups in total. The number of nitrogens with one attached hydrogen (secondary N) is 2. The first-order chi connectivity index (χ1) is 19.5. The fourth-order valence-corrected chi connectivity index (χ4v) is 4.86. The van der Waals surface area contributed by atoms with Crippen LogP contribution in [0, 0.1) is 0 Å². The van der Waals surface area contributed by atoms with E-state index in [1.165, 1.54) is 0 Å². The number of nitrogens with zero attached hydrogens (tertiary/aromatic N) is 2. The van der Waals surface area contributed by atoms with Gasteiger partial charge in [-0.1, -0.05) is 48.5 Å². The minimum Gasteiger partial charge on any atom is -0.392 e. The number of amides is 2. The number of carbonyl (C=O) groups is 2. The van der Waals surface area contributed by atoms with Crippen LogP contribution in [-0.4, -0.2) is 37.8 Å². The first-order valence-corrected chi connectivity index (χ1v) is 13.3. The van der Waals surface area contributed by atoms with E-state index in [0.717, 1.165) is 27.7 Å². The standard InChI is InChI=1S/C30H32N4O6/c35-18-20-11-13-21(14-12-20)27-16-24(17-34-19-31-25-7-1-2-8-26(25)34)39-30(40-27)22-5-3-6-23(15-22)32-28(36)9-4-10-29(37)33-38/h1-3,5-8,11-15,19,24,27,30,35,38H,4,9-10,16-18H2,(H,32,36)(H,33,37)/t24-,27+,30+/m0/s1. The second-order valence-corrected chi connectivity index (χ2v) is 9.80. The van der Waals surface area contributed by atoms with Crippen LogP contribution in [0.1, 0.15) is 54.8 Å². The van der Waals surface area contributed by atoms with Gasteiger partial charge in [-0.2, -0.15) is 0 Å². The molecule has 0 aliphatic carbocycles. The van der Waals surface area contributed by atoms with Crippen LogP contribution in [0.25, 0.3) is 11.0 Å². The van der Waals surface area contributed by atoms with Crippen LogP contribution in [0.4, 0.5) is 5.69 Å². The van der Waals surface area contributed by atoms with Crippen LogP contribution in [0.5, 0.6) is 0 Å². The van der Waals surface area contributed by atoms with Crippen LogP contribution in [0.3, 0.4) is 0 Å². The second-order valence-electron chi connectivity index (χ2n) is 9.80. The summed E-state index contributed by atoms with van der Waals surface area (Å²) in [6.45, 7) is 0.560. The van der Waals surface area contributed by atoms with Gasteiger partial charge in [0.1, 0.15) is 0 Å². The van der Waals surface area contributed by atoms with Crippen molar-refractivity contribution in [2.75, 3.05) is 5.32 Å². The molecule has 5 rings (SSSR count). The molecule has 0 saturated carbocycles. The summed E-state index contributed by atoms with van der Waals surface area (Å²) >= 11 is 0. The predicted molar refractivity (Wildman–Crippen MR) is 147 cm³/mol. The molecule has 0 spiro atoms. The Morgan fingerprint density at radius 2 is 1.75 bits per heavy atom. The number of carbonyl (C=O) groups excluding carboxylic acids is 2. The summed E-state index contributed by atoms with van der Waals surface area (Å²) in [5.74, 6) is -0.764. The third kappa shape index (κ3) is 6.72. The topological polar surface area (TPSA) is 135 Å². The number of aliphatic hydroxyl groups is 1. The van der Waals surface area contributed by atoms with Gasteiger partial charge in [-0.15, -0.1) is 0 Å². The van der Waals surface area contributed by atoms with Gasteiger partial charge in [0.2, 0.25) is 11.8 Å². The Bertz CT molecular complexity index is 1450. The molecule has 1 aromatic heterocycles. The number of anilines is 1. The average molecular weight is 545 g/mol. The van der Waals surface area contributed by atoms with E-state index in [0.29, 0.717) is 25.1 Å². The molecule has 1 aliphatic heterocycles. The summed E-state index contributed by atoms with van der Waals surface area (Å²) < 4.78 is 15.0. The molecule has 2 heterocycles. The van der Waals surface area contributed by atoms with Crippen molar-refractivity contribution in [2.45, 2.75) is 57.3 Å². The average Bonchev–Trinajstić information content (AvgIpc) is 3.39. The Kier molecular flexibility index (Phi) is 8.82. The molecule has 40 heavy (non-hydrogen) atoms. The molecule has 10 heteroatoms. The lowest BCUT2D eigenvalue weighted by Crippen LogP contribution is -2.32. The summed E-state index contributed by atoms with van der Waals surface area (Å²) in [6.07, 6.45) is 1.85. The number of aliphatic hydroxyl groups excluding tert-OH is 1. The molecule has 1 aliphatic rings. The van der Waals surface area contributed by atoms with Crippen molar-refractivity contribution in [1.82, 2.24) is 15.0 Å². The lowest BCUT2D eigenvalue weighted by molar-refractivity contribution is -0.252. The zero-order valence-electron chi connectivity index (χ0n) is 21.9. The van der Waals surface area contributed by atoms with E-state index in [-0.39, 0.29) is 37.6 Å². The van der Waals surface area contributed by atoms with Gasteiger partial charge in [0.15, 0.2) is 6.29 Å². The first-order valence-electron chi connectivity index (χ1n) is 13.3. The maximum atomic E-state index is 12.4. The van der Waals surface area contributed by atoms with E-state index >= 15 is 0 Å². The fourth-order valence-electron chi connectivity index (χ4n) is 4.86. The van der Waals surface area contributed by atoms with Gasteiger partial charge in [-0.3, -0.25) is 14.8 Å². The van der Waals surface area contributed by atoms with Crippen molar-refractivity contribution in [1.29, 1.82) is 0 Å². The molecule has 2 amide bonds. The van der Waals surface area contributed by atoms with E-state index in [1.54, 1.807) is 11.5 Å². The summed E-state index contributed by atoms with van der Waals surface area (Å²) in [5, 5.41) is 20.9. The number of rotatable bonds is 10. The number of fused-ring (bicyclic) bond motifs is 1. The maximum Gasteiger partial charge on any atom is 0.243 e. The number of benzene rings is 3. The van der Waals surface area contributed by atoms with Crippen molar-refractivity contribution in [3.63, 3.8) is 0 Å². The smallest absolute Gasteiger partial charge is 0.243 e. The van der Waals surface area contributed by atoms with Gasteiger partial charge < -0.3 is 24.5 Å². The quantitative estimate of drug-likeness (QED) is 0.172. The number of hydrogen-bond acceptors (Lipinski definition) is 7. The van der Waals surface area contributed by atoms with Gasteiger partial charge in [-0.05, 0) is 41.8 Å². The lowest BCUT2D eigenvalue weighted by Gasteiger charge is -2.36. The van der Waals surface area contributed by atoms with Crippen molar-refractivity contribution in [3.8, 4) is 0 Å². The van der Waals surface area contributed by atoms with Crippen molar-refractivity contribution >= 4 is 28.5 Å². The van der Waals surface area contributed by atoms with Gasteiger partial charge in [0.05, 0.1) is 42.7 Å². The normalized spacial score (nSPS) is 18.9.